The third-order valence-electron chi connectivity index (χ3n) is 4.01. The predicted molar refractivity (Wildman–Crippen MR) is 103 cm³/mol. The van der Waals surface area contributed by atoms with Crippen LogP contribution in [-0.2, 0) is 0 Å². The average Bonchev–Trinajstić information content (AvgIpc) is 2.67. The highest BCUT2D eigenvalue weighted by Crippen LogP contribution is 2.12. The SMILES string of the molecule is CCCCOc1ccc(C(=O)NCCNC(=O)c2ccc(C)c(F)c2)cc1. The molecule has 0 saturated heterocycles. The van der Waals surface area contributed by atoms with E-state index in [0.29, 0.717) is 17.7 Å². The zero-order chi connectivity index (χ0) is 19.6. The Kier molecular flexibility index (Phi) is 7.79. The second-order valence-corrected chi connectivity index (χ2v) is 6.20. The van der Waals surface area contributed by atoms with Gasteiger partial charge in [0.05, 0.1) is 6.61 Å². The van der Waals surface area contributed by atoms with Gasteiger partial charge in [-0.2, -0.15) is 0 Å². The Balaban J connectivity index is 1.73. The van der Waals surface area contributed by atoms with Gasteiger partial charge in [0.15, 0.2) is 0 Å². The summed E-state index contributed by atoms with van der Waals surface area (Å²) in [4.78, 5) is 24.1. The number of hydrogen-bond acceptors (Lipinski definition) is 3. The van der Waals surface area contributed by atoms with Crippen molar-refractivity contribution in [2.24, 2.45) is 0 Å². The lowest BCUT2D eigenvalue weighted by atomic mass is 10.1. The standard InChI is InChI=1S/C21H25FN2O3/c1-3-4-13-27-18-9-7-16(8-10-18)20(25)23-11-12-24-21(26)17-6-5-15(2)19(22)14-17/h5-10,14H,3-4,11-13H2,1-2H3,(H,23,25)(H,24,26). The molecular weight excluding hydrogens is 347 g/mol. The Hall–Kier alpha value is -2.89. The molecule has 0 saturated carbocycles. The van der Waals surface area contributed by atoms with Crippen LogP contribution in [0.5, 0.6) is 5.75 Å². The molecule has 6 heteroatoms. The van der Waals surface area contributed by atoms with Gasteiger partial charge in [-0.1, -0.05) is 19.4 Å². The van der Waals surface area contributed by atoms with Crippen LogP contribution in [0.1, 0.15) is 46.0 Å². The number of hydrogen-bond donors (Lipinski definition) is 2. The van der Waals surface area contributed by atoms with Gasteiger partial charge in [0.25, 0.3) is 11.8 Å². The molecular formula is C21H25FN2O3. The molecule has 2 amide bonds. The van der Waals surface area contributed by atoms with Gasteiger partial charge in [0, 0.05) is 24.2 Å². The quantitative estimate of drug-likeness (QED) is 0.663. The number of nitrogens with one attached hydrogen (secondary N) is 2. The summed E-state index contributed by atoms with van der Waals surface area (Å²) in [7, 11) is 0. The Morgan fingerprint density at radius 1 is 0.963 bits per heavy atom. The number of unbranched alkanes of at least 4 members (excludes halogenated alkanes) is 1. The summed E-state index contributed by atoms with van der Waals surface area (Å²) in [5.41, 5.74) is 1.26. The van der Waals surface area contributed by atoms with E-state index in [1.807, 2.05) is 0 Å². The van der Waals surface area contributed by atoms with Crippen molar-refractivity contribution < 1.29 is 18.7 Å². The van der Waals surface area contributed by atoms with E-state index in [9.17, 15) is 14.0 Å². The fraction of sp³-hybridized carbons (Fsp3) is 0.333. The van der Waals surface area contributed by atoms with Crippen LogP contribution in [0.4, 0.5) is 4.39 Å². The molecule has 0 radical (unpaired) electrons. The maximum atomic E-state index is 13.5. The minimum atomic E-state index is -0.418. The molecule has 2 N–H and O–H groups in total. The summed E-state index contributed by atoms with van der Waals surface area (Å²) in [5.74, 6) is -0.293. The first-order valence-corrected chi connectivity index (χ1v) is 9.06. The van der Waals surface area contributed by atoms with Gasteiger partial charge in [-0.3, -0.25) is 9.59 Å². The first-order chi connectivity index (χ1) is 13.0. The van der Waals surface area contributed by atoms with E-state index in [-0.39, 0.29) is 30.5 Å². The molecule has 144 valence electrons. The molecule has 0 aliphatic carbocycles. The molecule has 0 heterocycles. The summed E-state index contributed by atoms with van der Waals surface area (Å²) in [6.45, 7) is 4.91. The van der Waals surface area contributed by atoms with Gasteiger partial charge in [0.2, 0.25) is 0 Å². The molecule has 2 rings (SSSR count). The van der Waals surface area contributed by atoms with Crippen LogP contribution in [0.25, 0.3) is 0 Å². The van der Waals surface area contributed by atoms with E-state index in [1.165, 1.54) is 6.07 Å². The molecule has 0 aliphatic rings. The van der Waals surface area contributed by atoms with Crippen LogP contribution >= 0.6 is 0 Å². The number of benzene rings is 2. The Labute approximate surface area is 158 Å². The fourth-order valence-corrected chi connectivity index (χ4v) is 2.33. The summed E-state index contributed by atoms with van der Waals surface area (Å²) in [6, 6.07) is 11.2. The van der Waals surface area contributed by atoms with Gasteiger partial charge in [-0.15, -0.1) is 0 Å². The maximum absolute atomic E-state index is 13.5. The second-order valence-electron chi connectivity index (χ2n) is 6.20. The fourth-order valence-electron chi connectivity index (χ4n) is 2.33. The zero-order valence-electron chi connectivity index (χ0n) is 15.7. The molecule has 5 nitrogen and oxygen atoms in total. The molecule has 2 aromatic rings. The monoisotopic (exact) mass is 372 g/mol. The number of amides is 2. The van der Waals surface area contributed by atoms with E-state index in [0.717, 1.165) is 18.6 Å². The summed E-state index contributed by atoms with van der Waals surface area (Å²) in [6.07, 6.45) is 2.05. The van der Waals surface area contributed by atoms with E-state index >= 15 is 0 Å². The lowest BCUT2D eigenvalue weighted by Crippen LogP contribution is -2.34. The van der Waals surface area contributed by atoms with E-state index in [1.54, 1.807) is 43.3 Å². The number of aryl methyl sites for hydroxylation is 1. The summed E-state index contributed by atoms with van der Waals surface area (Å²) < 4.78 is 19.0. The van der Waals surface area contributed by atoms with Gasteiger partial charge in [-0.25, -0.2) is 4.39 Å². The number of rotatable bonds is 9. The summed E-state index contributed by atoms with van der Waals surface area (Å²) >= 11 is 0. The Morgan fingerprint density at radius 3 is 2.15 bits per heavy atom. The topological polar surface area (TPSA) is 67.4 Å². The van der Waals surface area contributed by atoms with Crippen molar-refractivity contribution in [2.45, 2.75) is 26.7 Å². The third kappa shape index (κ3) is 6.40. The average molecular weight is 372 g/mol. The van der Waals surface area contributed by atoms with E-state index in [2.05, 4.69) is 17.6 Å². The first-order valence-electron chi connectivity index (χ1n) is 9.06. The van der Waals surface area contributed by atoms with Crippen molar-refractivity contribution in [3.63, 3.8) is 0 Å². The molecule has 0 bridgehead atoms. The zero-order valence-corrected chi connectivity index (χ0v) is 15.7. The van der Waals surface area contributed by atoms with Gasteiger partial charge in [-0.05, 0) is 55.3 Å². The number of ether oxygens (including phenoxy) is 1. The van der Waals surface area contributed by atoms with Crippen molar-refractivity contribution >= 4 is 11.8 Å². The maximum Gasteiger partial charge on any atom is 0.251 e. The van der Waals surface area contributed by atoms with Crippen LogP contribution in [0.3, 0.4) is 0 Å². The molecule has 0 atom stereocenters. The van der Waals surface area contributed by atoms with Crippen LogP contribution in [-0.4, -0.2) is 31.5 Å². The molecule has 0 fully saturated rings. The van der Waals surface area contributed by atoms with E-state index in [4.69, 9.17) is 4.74 Å². The van der Waals surface area contributed by atoms with Crippen LogP contribution < -0.4 is 15.4 Å². The Morgan fingerprint density at radius 2 is 1.56 bits per heavy atom. The minimum Gasteiger partial charge on any atom is -0.494 e. The van der Waals surface area contributed by atoms with Crippen LogP contribution in [0.2, 0.25) is 0 Å². The molecule has 2 aromatic carbocycles. The summed E-state index contributed by atoms with van der Waals surface area (Å²) in [5, 5.41) is 5.38. The lowest BCUT2D eigenvalue weighted by Gasteiger charge is -2.09. The molecule has 0 spiro atoms. The number of halogens is 1. The molecule has 27 heavy (non-hydrogen) atoms. The van der Waals surface area contributed by atoms with Crippen molar-refractivity contribution in [3.8, 4) is 5.75 Å². The van der Waals surface area contributed by atoms with Crippen molar-refractivity contribution in [1.29, 1.82) is 0 Å². The van der Waals surface area contributed by atoms with Gasteiger partial charge in [0.1, 0.15) is 11.6 Å². The normalized spacial score (nSPS) is 10.3. The smallest absolute Gasteiger partial charge is 0.251 e. The second kappa shape index (κ2) is 10.3. The Bertz CT molecular complexity index is 775. The number of carbonyl (C=O) groups excluding carboxylic acids is 2. The van der Waals surface area contributed by atoms with Crippen LogP contribution in [0.15, 0.2) is 42.5 Å². The molecule has 0 unspecified atom stereocenters. The molecule has 0 aromatic heterocycles. The van der Waals surface area contributed by atoms with Gasteiger partial charge >= 0.3 is 0 Å². The number of carbonyl (C=O) groups is 2. The highest BCUT2D eigenvalue weighted by molar-refractivity contribution is 5.95. The minimum absolute atomic E-state index is 0.231. The van der Waals surface area contributed by atoms with Crippen molar-refractivity contribution in [2.75, 3.05) is 19.7 Å². The first kappa shape index (κ1) is 20.4. The van der Waals surface area contributed by atoms with Gasteiger partial charge < -0.3 is 15.4 Å². The van der Waals surface area contributed by atoms with Crippen molar-refractivity contribution in [1.82, 2.24) is 10.6 Å². The van der Waals surface area contributed by atoms with Crippen LogP contribution in [0, 0.1) is 12.7 Å². The van der Waals surface area contributed by atoms with E-state index < -0.39 is 5.82 Å². The third-order valence-corrected chi connectivity index (χ3v) is 4.01. The highest BCUT2D eigenvalue weighted by atomic mass is 19.1. The molecule has 0 aliphatic heterocycles. The largest absolute Gasteiger partial charge is 0.494 e. The highest BCUT2D eigenvalue weighted by Gasteiger charge is 2.09. The lowest BCUT2D eigenvalue weighted by molar-refractivity contribution is 0.0927. The van der Waals surface area contributed by atoms with Crippen molar-refractivity contribution in [3.05, 3.63) is 65.0 Å². The predicted octanol–water partition coefficient (Wildman–Crippen LogP) is 3.47.